The fraction of sp³-hybridized carbons (Fsp3) is 0.138. The molecule has 0 spiro atoms. The third-order valence-electron chi connectivity index (χ3n) is 6.26. The van der Waals surface area contributed by atoms with E-state index in [4.69, 9.17) is 16.9 Å². The average Bonchev–Trinajstić information content (AvgIpc) is 2.95. The van der Waals surface area contributed by atoms with E-state index in [1.165, 1.54) is 17.6 Å². The number of carboxylic acid groups (broad SMARTS) is 1. The van der Waals surface area contributed by atoms with E-state index in [-0.39, 0.29) is 11.4 Å². The summed E-state index contributed by atoms with van der Waals surface area (Å²) < 4.78 is 66.4. The standard InChI is InChI=1S/C29H18ClF5N4O4/c30-20-8-14(12-36)3-5-18(20)19-6-4-15(17-2-1-7-37-25(17)19)11-23(28(42)43)39-27(41)24-21(31)9-16(10-22(24)32)26(40)38-13-29(33,34)35/h1-10,23H,11,13H2,(H,38,40)(H,39,41)(H,42,43)/t23-/m0/s1. The quantitative estimate of drug-likeness (QED) is 0.227. The highest BCUT2D eigenvalue weighted by molar-refractivity contribution is 6.33. The smallest absolute Gasteiger partial charge is 0.405 e. The molecule has 2 amide bonds. The van der Waals surface area contributed by atoms with Crippen LogP contribution < -0.4 is 10.6 Å². The maximum Gasteiger partial charge on any atom is 0.405 e. The van der Waals surface area contributed by atoms with Gasteiger partial charge in [0.05, 0.1) is 17.1 Å². The van der Waals surface area contributed by atoms with Crippen LogP contribution in [0.1, 0.15) is 31.8 Å². The molecule has 4 aromatic rings. The third kappa shape index (κ3) is 7.04. The second-order valence-corrected chi connectivity index (χ2v) is 9.57. The fourth-order valence-electron chi connectivity index (χ4n) is 4.28. The normalized spacial score (nSPS) is 11.9. The SMILES string of the molecule is N#Cc1ccc(-c2ccc(C[C@H](NC(=O)c3c(F)cc(C(=O)NCC(F)(F)F)cc3F)C(=O)O)c3cccnc23)c(Cl)c1. The summed E-state index contributed by atoms with van der Waals surface area (Å²) >= 11 is 6.38. The number of pyridine rings is 1. The zero-order valence-electron chi connectivity index (χ0n) is 21.6. The monoisotopic (exact) mass is 616 g/mol. The molecule has 0 aliphatic carbocycles. The van der Waals surface area contributed by atoms with Gasteiger partial charge in [-0.25, -0.2) is 13.6 Å². The number of carboxylic acids is 1. The van der Waals surface area contributed by atoms with Gasteiger partial charge >= 0.3 is 12.1 Å². The molecule has 3 N–H and O–H groups in total. The van der Waals surface area contributed by atoms with Crippen LogP contribution in [0.5, 0.6) is 0 Å². The van der Waals surface area contributed by atoms with Crippen molar-refractivity contribution in [3.05, 3.63) is 99.7 Å². The Kier molecular flexibility index (Phi) is 8.91. The minimum absolute atomic E-state index is 0.280. The molecule has 1 heterocycles. The summed E-state index contributed by atoms with van der Waals surface area (Å²) in [5.41, 5.74) is 0.270. The van der Waals surface area contributed by atoms with Crippen molar-refractivity contribution in [1.82, 2.24) is 15.6 Å². The van der Waals surface area contributed by atoms with Gasteiger partial charge in [0, 0.05) is 39.7 Å². The van der Waals surface area contributed by atoms with Gasteiger partial charge in [0.25, 0.3) is 11.8 Å². The summed E-state index contributed by atoms with van der Waals surface area (Å²) in [4.78, 5) is 41.1. The molecule has 1 atom stereocenters. The molecule has 1 aromatic heterocycles. The lowest BCUT2D eigenvalue weighted by Gasteiger charge is -2.18. The number of aliphatic carboxylic acids is 1. The van der Waals surface area contributed by atoms with Crippen molar-refractivity contribution in [3.8, 4) is 17.2 Å². The summed E-state index contributed by atoms with van der Waals surface area (Å²) in [5, 5.41) is 23.2. The van der Waals surface area contributed by atoms with Crippen LogP contribution in [-0.2, 0) is 11.2 Å². The number of hydrogen-bond donors (Lipinski definition) is 3. The highest BCUT2D eigenvalue weighted by Gasteiger charge is 2.30. The number of benzene rings is 3. The number of carbonyl (C=O) groups excluding carboxylic acids is 2. The number of nitrogens with zero attached hydrogens (tertiary/aromatic N) is 2. The number of halogens is 6. The Labute approximate surface area is 244 Å². The predicted molar refractivity (Wildman–Crippen MR) is 144 cm³/mol. The molecule has 0 saturated carbocycles. The van der Waals surface area contributed by atoms with E-state index in [0.717, 1.165) is 0 Å². The van der Waals surface area contributed by atoms with Crippen molar-refractivity contribution < 1.29 is 41.4 Å². The van der Waals surface area contributed by atoms with Crippen LogP contribution in [0.15, 0.2) is 60.8 Å². The molecule has 4 rings (SSSR count). The summed E-state index contributed by atoms with van der Waals surface area (Å²) in [6.07, 6.45) is -3.61. The molecule has 0 unspecified atom stereocenters. The Bertz CT molecular complexity index is 1780. The van der Waals surface area contributed by atoms with E-state index in [0.29, 0.717) is 45.3 Å². The van der Waals surface area contributed by atoms with Crippen LogP contribution in [0.3, 0.4) is 0 Å². The molecular formula is C29H18ClF5N4O4. The van der Waals surface area contributed by atoms with E-state index in [1.807, 2.05) is 11.4 Å². The van der Waals surface area contributed by atoms with Gasteiger partial charge in [-0.2, -0.15) is 18.4 Å². The van der Waals surface area contributed by atoms with Gasteiger partial charge in [-0.15, -0.1) is 0 Å². The predicted octanol–water partition coefficient (Wildman–Crippen LogP) is 5.42. The van der Waals surface area contributed by atoms with Gasteiger partial charge in [0.15, 0.2) is 0 Å². The molecule has 3 aromatic carbocycles. The molecule has 8 nitrogen and oxygen atoms in total. The summed E-state index contributed by atoms with van der Waals surface area (Å²) in [6, 6.07) is 12.2. The number of aromatic nitrogens is 1. The first-order valence-electron chi connectivity index (χ1n) is 12.2. The first kappa shape index (κ1) is 30.9. The largest absolute Gasteiger partial charge is 0.480 e. The Balaban J connectivity index is 1.61. The zero-order valence-corrected chi connectivity index (χ0v) is 22.4. The molecular weight excluding hydrogens is 599 g/mol. The molecule has 43 heavy (non-hydrogen) atoms. The molecule has 0 aliphatic heterocycles. The molecule has 0 bridgehead atoms. The maximum absolute atomic E-state index is 14.7. The van der Waals surface area contributed by atoms with Crippen molar-refractivity contribution >= 4 is 40.3 Å². The number of amides is 2. The van der Waals surface area contributed by atoms with Gasteiger partial charge in [0.2, 0.25) is 0 Å². The number of nitriles is 1. The highest BCUT2D eigenvalue weighted by Crippen LogP contribution is 2.35. The lowest BCUT2D eigenvalue weighted by Crippen LogP contribution is -2.43. The second kappa shape index (κ2) is 12.4. The summed E-state index contributed by atoms with van der Waals surface area (Å²) in [7, 11) is 0. The van der Waals surface area contributed by atoms with Crippen molar-refractivity contribution in [2.75, 3.05) is 6.54 Å². The number of alkyl halides is 3. The lowest BCUT2D eigenvalue weighted by atomic mass is 9.94. The molecule has 0 aliphatic rings. The Morgan fingerprint density at radius 3 is 2.28 bits per heavy atom. The fourth-order valence-corrected chi connectivity index (χ4v) is 4.57. The lowest BCUT2D eigenvalue weighted by molar-refractivity contribution is -0.139. The van der Waals surface area contributed by atoms with Gasteiger partial charge in [-0.05, 0) is 35.9 Å². The van der Waals surface area contributed by atoms with Crippen LogP contribution in [0.25, 0.3) is 22.0 Å². The maximum atomic E-state index is 14.7. The van der Waals surface area contributed by atoms with Crippen molar-refractivity contribution in [2.45, 2.75) is 18.6 Å². The van der Waals surface area contributed by atoms with E-state index in [1.54, 1.807) is 36.4 Å². The average molecular weight is 617 g/mol. The molecule has 0 fully saturated rings. The van der Waals surface area contributed by atoms with E-state index in [2.05, 4.69) is 4.98 Å². The van der Waals surface area contributed by atoms with Crippen LogP contribution >= 0.6 is 11.6 Å². The van der Waals surface area contributed by atoms with Gasteiger partial charge in [-0.3, -0.25) is 14.6 Å². The first-order chi connectivity index (χ1) is 20.3. The van der Waals surface area contributed by atoms with Crippen molar-refractivity contribution in [1.29, 1.82) is 5.26 Å². The number of rotatable bonds is 8. The van der Waals surface area contributed by atoms with Gasteiger partial charge in [-0.1, -0.05) is 35.9 Å². The van der Waals surface area contributed by atoms with Crippen LogP contribution in [0.2, 0.25) is 5.02 Å². The number of nitrogens with one attached hydrogen (secondary N) is 2. The van der Waals surface area contributed by atoms with Crippen molar-refractivity contribution in [3.63, 3.8) is 0 Å². The highest BCUT2D eigenvalue weighted by atomic mass is 35.5. The van der Waals surface area contributed by atoms with Gasteiger partial charge < -0.3 is 15.7 Å². The van der Waals surface area contributed by atoms with Crippen LogP contribution in [-0.4, -0.2) is 46.6 Å². The molecule has 220 valence electrons. The minimum Gasteiger partial charge on any atom is -0.480 e. The van der Waals surface area contributed by atoms with E-state index in [9.17, 15) is 41.4 Å². The zero-order chi connectivity index (χ0) is 31.5. The minimum atomic E-state index is -4.77. The number of carbonyl (C=O) groups is 3. The van der Waals surface area contributed by atoms with Crippen LogP contribution in [0.4, 0.5) is 22.0 Å². The molecule has 0 radical (unpaired) electrons. The Morgan fingerprint density at radius 1 is 1.00 bits per heavy atom. The number of hydrogen-bond acceptors (Lipinski definition) is 5. The second-order valence-electron chi connectivity index (χ2n) is 9.16. The molecule has 14 heteroatoms. The van der Waals surface area contributed by atoms with Crippen LogP contribution in [0, 0.1) is 23.0 Å². The van der Waals surface area contributed by atoms with Gasteiger partial charge in [0.1, 0.15) is 29.8 Å². The number of fused-ring (bicyclic) bond motifs is 1. The Hall–Kier alpha value is -5.09. The topological polar surface area (TPSA) is 132 Å². The van der Waals surface area contributed by atoms with Crippen molar-refractivity contribution in [2.24, 2.45) is 0 Å². The molecule has 0 saturated heterocycles. The summed E-state index contributed by atoms with van der Waals surface area (Å²) in [5.74, 6) is -7.60. The summed E-state index contributed by atoms with van der Waals surface area (Å²) in [6.45, 7) is -1.75. The Morgan fingerprint density at radius 2 is 1.67 bits per heavy atom. The third-order valence-corrected chi connectivity index (χ3v) is 6.57. The van der Waals surface area contributed by atoms with E-state index >= 15 is 0 Å². The first-order valence-corrected chi connectivity index (χ1v) is 12.6. The van der Waals surface area contributed by atoms with E-state index < -0.39 is 59.3 Å².